The molecule has 18 heavy (non-hydrogen) atoms. The van der Waals surface area contributed by atoms with Gasteiger partial charge in [-0.05, 0) is 24.6 Å². The molecule has 1 saturated heterocycles. The molecule has 0 aromatic heterocycles. The third-order valence-corrected chi connectivity index (χ3v) is 2.74. The maximum atomic E-state index is 13.1. The average Bonchev–Trinajstić information content (AvgIpc) is 2.68. The van der Waals surface area contributed by atoms with E-state index in [2.05, 4.69) is 0 Å². The van der Waals surface area contributed by atoms with Gasteiger partial charge < -0.3 is 9.84 Å². The molecule has 1 aromatic carbocycles. The number of cyclic esters (lactones) is 1. The Balaban J connectivity index is 2.17. The summed E-state index contributed by atoms with van der Waals surface area (Å²) in [5, 5.41) is 8.64. The molecule has 1 atom stereocenters. The van der Waals surface area contributed by atoms with Crippen LogP contribution in [0.2, 0.25) is 0 Å². The lowest BCUT2D eigenvalue weighted by molar-refractivity contribution is -0.137. The molecule has 2 rings (SSSR count). The van der Waals surface area contributed by atoms with Crippen molar-refractivity contribution in [2.24, 2.45) is 0 Å². The number of halogens is 1. The highest BCUT2D eigenvalue weighted by molar-refractivity contribution is 5.90. The molecule has 0 aliphatic carbocycles. The predicted octanol–water partition coefficient (Wildman–Crippen LogP) is 2.02. The highest BCUT2D eigenvalue weighted by Gasteiger charge is 2.34. The zero-order valence-electron chi connectivity index (χ0n) is 9.51. The molecule has 96 valence electrons. The van der Waals surface area contributed by atoms with Crippen LogP contribution >= 0.6 is 0 Å². The largest absolute Gasteiger partial charge is 0.481 e. The van der Waals surface area contributed by atoms with Crippen molar-refractivity contribution in [3.05, 3.63) is 30.1 Å². The van der Waals surface area contributed by atoms with Crippen LogP contribution in [0.1, 0.15) is 12.8 Å². The van der Waals surface area contributed by atoms with Crippen molar-refractivity contribution in [1.82, 2.24) is 0 Å². The van der Waals surface area contributed by atoms with Crippen LogP contribution in [0.3, 0.4) is 0 Å². The molecular formula is C12H12FNO4. The molecule has 6 heteroatoms. The normalized spacial score (nSPS) is 18.8. The fourth-order valence-corrected chi connectivity index (χ4v) is 1.91. The smallest absolute Gasteiger partial charge is 0.414 e. The first-order valence-electron chi connectivity index (χ1n) is 5.51. The number of rotatable bonds is 4. The first-order valence-corrected chi connectivity index (χ1v) is 5.51. The Bertz CT molecular complexity index is 477. The molecule has 1 aliphatic rings. The quantitative estimate of drug-likeness (QED) is 0.891. The molecule has 1 amide bonds. The lowest BCUT2D eigenvalue weighted by atomic mass is 10.1. The maximum Gasteiger partial charge on any atom is 0.414 e. The van der Waals surface area contributed by atoms with Crippen molar-refractivity contribution >= 4 is 17.7 Å². The summed E-state index contributed by atoms with van der Waals surface area (Å²) in [5.41, 5.74) is 0.382. The van der Waals surface area contributed by atoms with Gasteiger partial charge in [-0.1, -0.05) is 6.07 Å². The minimum atomic E-state index is -0.937. The first-order chi connectivity index (χ1) is 8.58. The third-order valence-electron chi connectivity index (χ3n) is 2.74. The molecular weight excluding hydrogens is 241 g/mol. The van der Waals surface area contributed by atoms with Gasteiger partial charge in [0.1, 0.15) is 12.4 Å². The summed E-state index contributed by atoms with van der Waals surface area (Å²) in [5.74, 6) is -1.39. The number of carboxylic acid groups (broad SMARTS) is 1. The van der Waals surface area contributed by atoms with Crippen molar-refractivity contribution < 1.29 is 23.8 Å². The van der Waals surface area contributed by atoms with Gasteiger partial charge in [-0.25, -0.2) is 9.18 Å². The van der Waals surface area contributed by atoms with Crippen molar-refractivity contribution in [1.29, 1.82) is 0 Å². The lowest BCUT2D eigenvalue weighted by Crippen LogP contribution is -2.33. The van der Waals surface area contributed by atoms with Gasteiger partial charge in [-0.3, -0.25) is 9.69 Å². The maximum absolute atomic E-state index is 13.1. The monoisotopic (exact) mass is 253 g/mol. The van der Waals surface area contributed by atoms with Gasteiger partial charge in [0, 0.05) is 6.42 Å². The summed E-state index contributed by atoms with van der Waals surface area (Å²) in [6.45, 7) is 0.128. The molecule has 5 nitrogen and oxygen atoms in total. The van der Waals surface area contributed by atoms with Gasteiger partial charge in [-0.15, -0.1) is 0 Å². The van der Waals surface area contributed by atoms with E-state index >= 15 is 0 Å². The number of nitrogens with zero attached hydrogens (tertiary/aromatic N) is 1. The van der Waals surface area contributed by atoms with E-state index in [9.17, 15) is 14.0 Å². The van der Waals surface area contributed by atoms with Crippen LogP contribution in [0.5, 0.6) is 0 Å². The lowest BCUT2D eigenvalue weighted by Gasteiger charge is -2.20. The Hall–Kier alpha value is -2.11. The summed E-state index contributed by atoms with van der Waals surface area (Å²) in [6, 6.07) is 5.21. The summed E-state index contributed by atoms with van der Waals surface area (Å²) in [7, 11) is 0. The number of carbonyl (C=O) groups excluding carboxylic acids is 1. The zero-order chi connectivity index (χ0) is 13.1. The molecule has 1 heterocycles. The summed E-state index contributed by atoms with van der Waals surface area (Å²) >= 11 is 0. The Morgan fingerprint density at radius 2 is 2.33 bits per heavy atom. The van der Waals surface area contributed by atoms with Crippen molar-refractivity contribution in [2.45, 2.75) is 18.9 Å². The van der Waals surface area contributed by atoms with E-state index in [1.165, 1.54) is 23.1 Å². The number of benzene rings is 1. The standard InChI is InChI=1S/C12H12FNO4/c13-8-2-1-3-9(6-8)14-10(4-5-11(15)16)7-18-12(14)17/h1-3,6,10H,4-5,7H2,(H,15,16). The summed E-state index contributed by atoms with van der Waals surface area (Å²) in [4.78, 5) is 23.4. The first kappa shape index (κ1) is 12.3. The number of amides is 1. The van der Waals surface area contributed by atoms with Gasteiger partial charge >= 0.3 is 12.1 Å². The number of aliphatic carboxylic acids is 1. The van der Waals surface area contributed by atoms with Crippen molar-refractivity contribution in [3.63, 3.8) is 0 Å². The second kappa shape index (κ2) is 5.03. The fourth-order valence-electron chi connectivity index (χ4n) is 1.91. The third kappa shape index (κ3) is 2.58. The molecule has 1 fully saturated rings. The van der Waals surface area contributed by atoms with Crippen LogP contribution in [0, 0.1) is 5.82 Å². The second-order valence-electron chi connectivity index (χ2n) is 4.01. The Morgan fingerprint density at radius 3 is 3.00 bits per heavy atom. The molecule has 1 N–H and O–H groups in total. The number of carbonyl (C=O) groups is 2. The van der Waals surface area contributed by atoms with E-state index in [-0.39, 0.29) is 25.5 Å². The van der Waals surface area contributed by atoms with Crippen LogP contribution < -0.4 is 4.90 Å². The van der Waals surface area contributed by atoms with Gasteiger partial charge in [0.25, 0.3) is 0 Å². The Morgan fingerprint density at radius 1 is 1.56 bits per heavy atom. The van der Waals surface area contributed by atoms with E-state index in [1.54, 1.807) is 6.07 Å². The molecule has 0 saturated carbocycles. The topological polar surface area (TPSA) is 66.8 Å². The summed E-state index contributed by atoms with van der Waals surface area (Å²) in [6.07, 6.45) is -0.360. The highest BCUT2D eigenvalue weighted by Crippen LogP contribution is 2.25. The predicted molar refractivity (Wildman–Crippen MR) is 60.9 cm³/mol. The minimum Gasteiger partial charge on any atom is -0.481 e. The van der Waals surface area contributed by atoms with Crippen LogP contribution in [-0.4, -0.2) is 29.8 Å². The average molecular weight is 253 g/mol. The van der Waals surface area contributed by atoms with Crippen molar-refractivity contribution in [3.8, 4) is 0 Å². The Labute approximate surface area is 103 Å². The van der Waals surface area contributed by atoms with Gasteiger partial charge in [0.05, 0.1) is 11.7 Å². The van der Waals surface area contributed by atoms with Crippen molar-refractivity contribution in [2.75, 3.05) is 11.5 Å². The van der Waals surface area contributed by atoms with E-state index in [0.717, 1.165) is 0 Å². The van der Waals surface area contributed by atoms with Crippen LogP contribution in [0.25, 0.3) is 0 Å². The number of hydrogen-bond acceptors (Lipinski definition) is 3. The minimum absolute atomic E-state index is 0.0624. The SMILES string of the molecule is O=C(O)CCC1COC(=O)N1c1cccc(F)c1. The zero-order valence-corrected chi connectivity index (χ0v) is 9.51. The summed E-state index contributed by atoms with van der Waals surface area (Å²) < 4.78 is 18.0. The second-order valence-corrected chi connectivity index (χ2v) is 4.01. The van der Waals surface area contributed by atoms with Crippen LogP contribution in [-0.2, 0) is 9.53 Å². The van der Waals surface area contributed by atoms with Gasteiger partial charge in [0.15, 0.2) is 0 Å². The van der Waals surface area contributed by atoms with Crippen LogP contribution in [0.4, 0.5) is 14.9 Å². The van der Waals surface area contributed by atoms with E-state index in [0.29, 0.717) is 5.69 Å². The molecule has 1 aromatic rings. The van der Waals surface area contributed by atoms with E-state index in [1.807, 2.05) is 0 Å². The van der Waals surface area contributed by atoms with Gasteiger partial charge in [-0.2, -0.15) is 0 Å². The molecule has 0 spiro atoms. The molecule has 0 radical (unpaired) electrons. The molecule has 1 unspecified atom stereocenters. The van der Waals surface area contributed by atoms with Crippen LogP contribution in [0.15, 0.2) is 24.3 Å². The molecule has 1 aliphatic heterocycles. The number of ether oxygens (including phenoxy) is 1. The van der Waals surface area contributed by atoms with E-state index < -0.39 is 17.9 Å². The Kier molecular flexibility index (Phi) is 3.45. The van der Waals surface area contributed by atoms with Gasteiger partial charge in [0.2, 0.25) is 0 Å². The molecule has 0 bridgehead atoms. The number of carboxylic acids is 1. The number of anilines is 1. The number of hydrogen-bond donors (Lipinski definition) is 1. The van der Waals surface area contributed by atoms with E-state index in [4.69, 9.17) is 9.84 Å². The highest BCUT2D eigenvalue weighted by atomic mass is 19.1. The fraction of sp³-hybridized carbons (Fsp3) is 0.333.